The van der Waals surface area contributed by atoms with Crippen LogP contribution in [0.4, 0.5) is 0 Å². The van der Waals surface area contributed by atoms with Crippen LogP contribution >= 0.6 is 0 Å². The van der Waals surface area contributed by atoms with Crippen LogP contribution in [0.5, 0.6) is 0 Å². The van der Waals surface area contributed by atoms with Crippen molar-refractivity contribution in [3.8, 4) is 0 Å². The largest absolute Gasteiger partial charge is 1.00 e. The molecule has 0 aliphatic heterocycles. The molecule has 0 aromatic rings. The van der Waals surface area contributed by atoms with E-state index >= 15 is 0 Å². The van der Waals surface area contributed by atoms with E-state index in [9.17, 15) is 29.4 Å². The molecule has 2 aliphatic carbocycles. The molecule has 176 valence electrons. The van der Waals surface area contributed by atoms with Crippen LogP contribution in [0.3, 0.4) is 0 Å². The summed E-state index contributed by atoms with van der Waals surface area (Å²) in [5.41, 5.74) is 9.53. The molecule has 0 amide bonds. The van der Waals surface area contributed by atoms with Gasteiger partial charge in [0.2, 0.25) is 0 Å². The summed E-state index contributed by atoms with van der Waals surface area (Å²) >= 11 is 0. The molecule has 2 saturated carbocycles. The van der Waals surface area contributed by atoms with E-state index < -0.39 is 34.7 Å². The number of hydrogen-bond acceptors (Lipinski definition) is 10. The van der Waals surface area contributed by atoms with Crippen LogP contribution in [0, 0.1) is 22.7 Å². The van der Waals surface area contributed by atoms with Crippen molar-refractivity contribution in [2.24, 2.45) is 34.1 Å². The van der Waals surface area contributed by atoms with Gasteiger partial charge in [-0.1, -0.05) is 0 Å². The molecule has 2 rings (SSSR count). The van der Waals surface area contributed by atoms with Crippen molar-refractivity contribution >= 4 is 23.9 Å². The van der Waals surface area contributed by atoms with Gasteiger partial charge in [-0.2, -0.15) is 0 Å². The molecule has 33 heavy (non-hydrogen) atoms. The summed E-state index contributed by atoms with van der Waals surface area (Å²) in [4.78, 5) is 46.7. The minimum Gasteiger partial charge on any atom is -0.550 e. The Kier molecular flexibility index (Phi) is 14.9. The fraction of sp³-hybridized carbons (Fsp3) is 0.810. The van der Waals surface area contributed by atoms with E-state index in [0.717, 1.165) is 19.3 Å². The number of aliphatic carboxylic acids is 2. The molecule has 0 heterocycles. The molecular formula is C21H32N2Na2O8. The van der Waals surface area contributed by atoms with Gasteiger partial charge in [-0.05, 0) is 80.5 Å². The predicted molar refractivity (Wildman–Crippen MR) is 103 cm³/mol. The number of ether oxygens (including phenoxy) is 2. The first-order valence-electron chi connectivity index (χ1n) is 10.8. The summed E-state index contributed by atoms with van der Waals surface area (Å²) < 4.78 is 9.73. The second kappa shape index (κ2) is 15.0. The van der Waals surface area contributed by atoms with Gasteiger partial charge >= 0.3 is 71.1 Å². The average molecular weight is 486 g/mol. The molecule has 0 saturated heterocycles. The van der Waals surface area contributed by atoms with Crippen LogP contribution in [-0.2, 0) is 28.7 Å². The fourth-order valence-corrected chi connectivity index (χ4v) is 6.42. The molecule has 12 heteroatoms. The molecule has 2 bridgehead atoms. The first-order chi connectivity index (χ1) is 14.7. The van der Waals surface area contributed by atoms with Crippen molar-refractivity contribution in [2.75, 3.05) is 13.5 Å². The molecule has 0 aromatic heterocycles. The Hall–Kier alpha value is -0.200. The van der Waals surface area contributed by atoms with E-state index in [4.69, 9.17) is 20.9 Å². The Morgan fingerprint density at radius 2 is 1.33 bits per heavy atom. The first-order valence-corrected chi connectivity index (χ1v) is 10.8. The maximum atomic E-state index is 12.1. The second-order valence-electron chi connectivity index (χ2n) is 8.69. The minimum atomic E-state index is -1.21. The van der Waals surface area contributed by atoms with E-state index in [1.807, 2.05) is 0 Å². The SMILES string of the molecule is NCOC(=O)CCC12CCC(C1)C(CCC(=O)[O-])C2(CCC(=O)[O-])CCC(=O)OCN.[Na+].[Na+]. The van der Waals surface area contributed by atoms with Crippen LogP contribution in [0.25, 0.3) is 0 Å². The maximum Gasteiger partial charge on any atom is 1.00 e. The van der Waals surface area contributed by atoms with Crippen molar-refractivity contribution in [2.45, 2.75) is 70.6 Å². The standard InChI is InChI=1S/C21H34N2O8.2Na/c22-12-30-18(28)5-8-20-7-3-14(11-20)15(1-2-16(24)25)21(20,9-4-17(26)27)10-6-19(29)31-13-23;;/h14-15H,1-13,22-23H2,(H,24,25)(H,26,27);;/q;2*+1/p-2. The number of hydrogen-bond donors (Lipinski definition) is 2. The van der Waals surface area contributed by atoms with Gasteiger partial charge in [0.1, 0.15) is 13.5 Å². The molecule has 4 atom stereocenters. The molecule has 0 radical (unpaired) electrons. The summed E-state index contributed by atoms with van der Waals surface area (Å²) in [5.74, 6) is -3.21. The van der Waals surface area contributed by atoms with Gasteiger partial charge in [0, 0.05) is 24.8 Å². The number of carboxylic acid groups (broad SMARTS) is 2. The molecule has 4 N–H and O–H groups in total. The van der Waals surface area contributed by atoms with Crippen LogP contribution in [0.15, 0.2) is 0 Å². The summed E-state index contributed by atoms with van der Waals surface area (Å²) in [6.45, 7) is -0.471. The number of nitrogens with two attached hydrogens (primary N) is 2. The van der Waals surface area contributed by atoms with Crippen LogP contribution in [0.1, 0.15) is 70.6 Å². The average Bonchev–Trinajstić information content (AvgIpc) is 3.24. The van der Waals surface area contributed by atoms with Gasteiger partial charge in [0.25, 0.3) is 0 Å². The number of carboxylic acids is 2. The molecular weight excluding hydrogens is 454 g/mol. The molecule has 0 spiro atoms. The third kappa shape index (κ3) is 8.17. The normalized spacial score (nSPS) is 27.2. The maximum absolute atomic E-state index is 12.1. The van der Waals surface area contributed by atoms with Gasteiger partial charge < -0.3 is 29.3 Å². The fourth-order valence-electron chi connectivity index (χ4n) is 6.42. The zero-order valence-corrected chi connectivity index (χ0v) is 23.8. The predicted octanol–water partition coefficient (Wildman–Crippen LogP) is -7.06. The summed E-state index contributed by atoms with van der Waals surface area (Å²) in [6, 6.07) is 0. The van der Waals surface area contributed by atoms with Gasteiger partial charge in [-0.3, -0.25) is 21.1 Å². The Labute approximate surface area is 238 Å². The van der Waals surface area contributed by atoms with E-state index in [1.54, 1.807) is 0 Å². The van der Waals surface area contributed by atoms with Crippen LogP contribution < -0.4 is 80.8 Å². The van der Waals surface area contributed by atoms with E-state index in [1.165, 1.54) is 0 Å². The Morgan fingerprint density at radius 1 is 0.818 bits per heavy atom. The van der Waals surface area contributed by atoms with Gasteiger partial charge in [-0.25, -0.2) is 0 Å². The van der Waals surface area contributed by atoms with Crippen molar-refractivity contribution in [1.82, 2.24) is 0 Å². The number of rotatable bonds is 14. The smallest absolute Gasteiger partial charge is 0.550 e. The van der Waals surface area contributed by atoms with E-state index in [0.29, 0.717) is 19.3 Å². The quantitative estimate of drug-likeness (QED) is 0.136. The molecule has 2 aliphatic rings. The Morgan fingerprint density at radius 3 is 1.85 bits per heavy atom. The van der Waals surface area contributed by atoms with Crippen LogP contribution in [-0.4, -0.2) is 37.3 Å². The van der Waals surface area contributed by atoms with Crippen LogP contribution in [0.2, 0.25) is 0 Å². The number of esters is 2. The van der Waals surface area contributed by atoms with Crippen molar-refractivity contribution in [3.05, 3.63) is 0 Å². The Bertz CT molecular complexity index is 695. The van der Waals surface area contributed by atoms with E-state index in [2.05, 4.69) is 0 Å². The van der Waals surface area contributed by atoms with Gasteiger partial charge in [0.15, 0.2) is 0 Å². The molecule has 4 unspecified atom stereocenters. The topological polar surface area (TPSA) is 185 Å². The van der Waals surface area contributed by atoms with E-state index in [-0.39, 0.29) is 117 Å². The molecule has 2 fully saturated rings. The third-order valence-electron chi connectivity index (χ3n) is 7.49. The van der Waals surface area contributed by atoms with Crippen molar-refractivity contribution in [1.29, 1.82) is 0 Å². The summed E-state index contributed by atoms with van der Waals surface area (Å²) in [7, 11) is 0. The Balaban J connectivity index is 0.00000512. The number of carbonyl (C=O) groups is 4. The minimum absolute atomic E-state index is 0. The second-order valence-corrected chi connectivity index (χ2v) is 8.69. The zero-order chi connectivity index (χ0) is 23.1. The third-order valence-corrected chi connectivity index (χ3v) is 7.49. The monoisotopic (exact) mass is 486 g/mol. The summed E-state index contributed by atoms with van der Waals surface area (Å²) in [5, 5.41) is 22.5. The number of carbonyl (C=O) groups excluding carboxylic acids is 4. The molecule has 0 aromatic carbocycles. The van der Waals surface area contributed by atoms with Crippen molar-refractivity contribution in [3.63, 3.8) is 0 Å². The zero-order valence-electron chi connectivity index (χ0n) is 19.8. The van der Waals surface area contributed by atoms with Gasteiger partial charge in [-0.15, -0.1) is 0 Å². The summed E-state index contributed by atoms with van der Waals surface area (Å²) in [6.07, 6.45) is 3.56. The molecule has 10 nitrogen and oxygen atoms in total. The van der Waals surface area contributed by atoms with Crippen molar-refractivity contribution < 1.29 is 98.0 Å². The van der Waals surface area contributed by atoms with Gasteiger partial charge in [0.05, 0.1) is 0 Å². The number of fused-ring (bicyclic) bond motifs is 2. The first kappa shape index (κ1) is 32.8.